The van der Waals surface area contributed by atoms with Crippen LogP contribution < -0.4 is 5.32 Å². The average Bonchev–Trinajstić information content (AvgIpc) is 3.25. The molecule has 6 nitrogen and oxygen atoms in total. The van der Waals surface area contributed by atoms with E-state index in [1.54, 1.807) is 6.20 Å². The molecule has 3 N–H and O–H groups in total. The van der Waals surface area contributed by atoms with E-state index < -0.39 is 0 Å². The predicted molar refractivity (Wildman–Crippen MR) is 94.4 cm³/mol. The molecule has 0 aliphatic carbocycles. The smallest absolute Gasteiger partial charge is 0.135 e. The Morgan fingerprint density at radius 2 is 2.08 bits per heavy atom. The Labute approximate surface area is 138 Å². The van der Waals surface area contributed by atoms with Crippen molar-refractivity contribution in [2.45, 2.75) is 6.42 Å². The van der Waals surface area contributed by atoms with E-state index in [4.69, 9.17) is 4.98 Å². The van der Waals surface area contributed by atoms with Crippen LogP contribution in [0.3, 0.4) is 0 Å². The minimum Gasteiger partial charge on any atom is -0.353 e. The highest BCUT2D eigenvalue weighted by atomic mass is 15.1. The molecule has 0 saturated heterocycles. The molecule has 6 heteroatoms. The van der Waals surface area contributed by atoms with Crippen LogP contribution >= 0.6 is 0 Å². The van der Waals surface area contributed by atoms with Crippen LogP contribution in [0.4, 0.5) is 0 Å². The van der Waals surface area contributed by atoms with Crippen molar-refractivity contribution in [3.8, 4) is 11.4 Å². The van der Waals surface area contributed by atoms with Crippen molar-refractivity contribution in [1.29, 1.82) is 0 Å². The van der Waals surface area contributed by atoms with Crippen LogP contribution in [-0.2, 0) is 0 Å². The van der Waals surface area contributed by atoms with Gasteiger partial charge >= 0.3 is 0 Å². The van der Waals surface area contributed by atoms with E-state index in [9.17, 15) is 0 Å². The van der Waals surface area contributed by atoms with Crippen LogP contribution in [0.15, 0.2) is 42.7 Å². The fourth-order valence-corrected chi connectivity index (χ4v) is 3.22. The van der Waals surface area contributed by atoms with Gasteiger partial charge in [0.25, 0.3) is 0 Å². The molecule has 0 spiro atoms. The van der Waals surface area contributed by atoms with Gasteiger partial charge in [-0.15, -0.1) is 0 Å². The van der Waals surface area contributed by atoms with Gasteiger partial charge < -0.3 is 10.3 Å². The first-order chi connectivity index (χ1) is 11.9. The Morgan fingerprint density at radius 3 is 2.96 bits per heavy atom. The normalized spacial score (nSPS) is 15.1. The van der Waals surface area contributed by atoms with Gasteiger partial charge in [-0.3, -0.25) is 10.1 Å². The SMILES string of the molecule is C1=C(c2ccc3[nH]nc(-c4cc5cnccc5[nH]4)c3n2)CCNC1. The maximum absolute atomic E-state index is 4.88. The van der Waals surface area contributed by atoms with E-state index in [0.29, 0.717) is 0 Å². The van der Waals surface area contributed by atoms with Crippen molar-refractivity contribution < 1.29 is 0 Å². The number of aromatic nitrogens is 5. The van der Waals surface area contributed by atoms with Gasteiger partial charge in [-0.1, -0.05) is 6.08 Å². The molecule has 0 aromatic carbocycles. The van der Waals surface area contributed by atoms with Crippen molar-refractivity contribution >= 4 is 27.5 Å². The van der Waals surface area contributed by atoms with Crippen molar-refractivity contribution in [3.05, 3.63) is 48.4 Å². The number of aromatic amines is 2. The molecule has 0 radical (unpaired) electrons. The van der Waals surface area contributed by atoms with Crippen LogP contribution in [0.2, 0.25) is 0 Å². The fourth-order valence-electron chi connectivity index (χ4n) is 3.22. The largest absolute Gasteiger partial charge is 0.353 e. The van der Waals surface area contributed by atoms with Gasteiger partial charge in [-0.2, -0.15) is 5.10 Å². The Morgan fingerprint density at radius 1 is 1.08 bits per heavy atom. The lowest BCUT2D eigenvalue weighted by molar-refractivity contribution is 0.737. The topological polar surface area (TPSA) is 82.3 Å². The van der Waals surface area contributed by atoms with Crippen LogP contribution in [0.25, 0.3) is 38.9 Å². The summed E-state index contributed by atoms with van der Waals surface area (Å²) in [5.41, 5.74) is 7.01. The van der Waals surface area contributed by atoms with Crippen molar-refractivity contribution in [2.75, 3.05) is 13.1 Å². The first-order valence-corrected chi connectivity index (χ1v) is 8.07. The second kappa shape index (κ2) is 5.28. The minimum absolute atomic E-state index is 0.845. The molecule has 0 amide bonds. The van der Waals surface area contributed by atoms with Gasteiger partial charge in [0.05, 0.1) is 16.9 Å². The summed E-state index contributed by atoms with van der Waals surface area (Å²) < 4.78 is 0. The number of hydrogen-bond donors (Lipinski definition) is 3. The second-order valence-corrected chi connectivity index (χ2v) is 5.99. The predicted octanol–water partition coefficient (Wildman–Crippen LogP) is 2.88. The van der Waals surface area contributed by atoms with E-state index in [1.165, 1.54) is 5.57 Å². The summed E-state index contributed by atoms with van der Waals surface area (Å²) in [6.07, 6.45) is 6.85. The van der Waals surface area contributed by atoms with Crippen molar-refractivity contribution in [2.24, 2.45) is 0 Å². The van der Waals surface area contributed by atoms with E-state index in [0.717, 1.165) is 58.5 Å². The molecule has 4 aromatic heterocycles. The second-order valence-electron chi connectivity index (χ2n) is 5.99. The summed E-state index contributed by atoms with van der Waals surface area (Å²) in [6.45, 7) is 1.90. The highest BCUT2D eigenvalue weighted by molar-refractivity contribution is 5.93. The average molecular weight is 316 g/mol. The quantitative estimate of drug-likeness (QED) is 0.531. The molecule has 0 saturated carbocycles. The number of nitrogens with one attached hydrogen (secondary N) is 3. The summed E-state index contributed by atoms with van der Waals surface area (Å²) in [6, 6.07) is 8.15. The number of H-pyrrole nitrogens is 2. The van der Waals surface area contributed by atoms with Crippen molar-refractivity contribution in [3.63, 3.8) is 0 Å². The van der Waals surface area contributed by atoms with Crippen LogP contribution in [0.1, 0.15) is 12.1 Å². The Bertz CT molecular complexity index is 1040. The van der Waals surface area contributed by atoms with Gasteiger partial charge in [0.15, 0.2) is 0 Å². The number of pyridine rings is 2. The summed E-state index contributed by atoms with van der Waals surface area (Å²) in [4.78, 5) is 12.4. The zero-order valence-electron chi connectivity index (χ0n) is 13.0. The standard InChI is InChI=1S/C18H16N6/c1-2-15-17(22-13(1)11-3-6-19-7-4-11)18(24-23-15)16-9-12-10-20-8-5-14(12)21-16/h1-3,5,8-10,19,21H,4,6-7H2,(H,23,24). The highest BCUT2D eigenvalue weighted by Crippen LogP contribution is 2.29. The fraction of sp³-hybridized carbons (Fsp3) is 0.167. The molecule has 0 atom stereocenters. The molecule has 0 unspecified atom stereocenters. The molecule has 0 bridgehead atoms. The van der Waals surface area contributed by atoms with E-state index in [1.807, 2.05) is 12.3 Å². The summed E-state index contributed by atoms with van der Waals surface area (Å²) in [5, 5.41) is 12.0. The molecular formula is C18H16N6. The first-order valence-electron chi connectivity index (χ1n) is 8.07. The van der Waals surface area contributed by atoms with Crippen molar-refractivity contribution in [1.82, 2.24) is 30.5 Å². The molecule has 0 fully saturated rings. The number of fused-ring (bicyclic) bond motifs is 2. The number of nitrogens with zero attached hydrogens (tertiary/aromatic N) is 3. The molecule has 1 aliphatic rings. The number of hydrogen-bond acceptors (Lipinski definition) is 4. The van der Waals surface area contributed by atoms with Gasteiger partial charge in [0.1, 0.15) is 11.2 Å². The van der Waals surface area contributed by atoms with Gasteiger partial charge in [-0.05, 0) is 42.8 Å². The molecule has 1 aliphatic heterocycles. The molecule has 4 aromatic rings. The lowest BCUT2D eigenvalue weighted by atomic mass is 10.0. The van der Waals surface area contributed by atoms with Crippen LogP contribution in [0.5, 0.6) is 0 Å². The molecule has 24 heavy (non-hydrogen) atoms. The third-order valence-corrected chi connectivity index (χ3v) is 4.48. The third-order valence-electron chi connectivity index (χ3n) is 4.48. The molecular weight excluding hydrogens is 300 g/mol. The third kappa shape index (κ3) is 2.11. The highest BCUT2D eigenvalue weighted by Gasteiger charge is 2.14. The summed E-state index contributed by atoms with van der Waals surface area (Å²) >= 11 is 0. The van der Waals surface area contributed by atoms with Gasteiger partial charge in [0.2, 0.25) is 0 Å². The zero-order valence-corrected chi connectivity index (χ0v) is 13.0. The molecule has 118 valence electrons. The minimum atomic E-state index is 0.845. The lowest BCUT2D eigenvalue weighted by Crippen LogP contribution is -2.20. The van der Waals surface area contributed by atoms with E-state index in [-0.39, 0.29) is 0 Å². The molecule has 5 rings (SSSR count). The van der Waals surface area contributed by atoms with Crippen LogP contribution in [0, 0.1) is 0 Å². The first kappa shape index (κ1) is 13.4. The summed E-state index contributed by atoms with van der Waals surface area (Å²) in [5.74, 6) is 0. The maximum atomic E-state index is 4.88. The Balaban J connectivity index is 1.66. The zero-order chi connectivity index (χ0) is 15.9. The van der Waals surface area contributed by atoms with Gasteiger partial charge in [0, 0.05) is 29.8 Å². The Kier molecular flexibility index (Phi) is 2.96. The monoisotopic (exact) mass is 316 g/mol. The summed E-state index contributed by atoms with van der Waals surface area (Å²) in [7, 11) is 0. The van der Waals surface area contributed by atoms with E-state index >= 15 is 0 Å². The molecule has 5 heterocycles. The van der Waals surface area contributed by atoms with Gasteiger partial charge in [-0.25, -0.2) is 4.98 Å². The maximum Gasteiger partial charge on any atom is 0.135 e. The van der Waals surface area contributed by atoms with E-state index in [2.05, 4.69) is 49.8 Å². The Hall–Kier alpha value is -2.99. The number of rotatable bonds is 2. The lowest BCUT2D eigenvalue weighted by Gasteiger charge is -2.13. The van der Waals surface area contributed by atoms with Crippen LogP contribution in [-0.4, -0.2) is 38.2 Å².